The SMILES string of the molecule is CC1CCC(CNC(C)(C)C)(c2ccccc2)CC1. The third kappa shape index (κ3) is 3.82. The summed E-state index contributed by atoms with van der Waals surface area (Å²) in [7, 11) is 0. The number of hydrogen-bond acceptors (Lipinski definition) is 1. The second-order valence-electron chi connectivity index (χ2n) is 7.43. The van der Waals surface area contributed by atoms with Crippen LogP contribution in [0.1, 0.15) is 58.9 Å². The van der Waals surface area contributed by atoms with Crippen molar-refractivity contribution in [3.8, 4) is 0 Å². The minimum atomic E-state index is 0.199. The molecular formula is C18H29N. The van der Waals surface area contributed by atoms with Gasteiger partial charge in [0.1, 0.15) is 0 Å². The van der Waals surface area contributed by atoms with Gasteiger partial charge in [-0.15, -0.1) is 0 Å². The van der Waals surface area contributed by atoms with E-state index < -0.39 is 0 Å². The molecule has 0 atom stereocenters. The van der Waals surface area contributed by atoms with Gasteiger partial charge in [0.25, 0.3) is 0 Å². The fourth-order valence-electron chi connectivity index (χ4n) is 3.11. The molecule has 0 spiro atoms. The van der Waals surface area contributed by atoms with Crippen molar-refractivity contribution in [1.29, 1.82) is 0 Å². The smallest absolute Gasteiger partial charge is 0.00968 e. The lowest BCUT2D eigenvalue weighted by molar-refractivity contribution is 0.217. The van der Waals surface area contributed by atoms with Crippen LogP contribution in [-0.2, 0) is 5.41 Å². The number of rotatable bonds is 3. The van der Waals surface area contributed by atoms with Crippen LogP contribution in [-0.4, -0.2) is 12.1 Å². The summed E-state index contributed by atoms with van der Waals surface area (Å²) in [4.78, 5) is 0. The highest BCUT2D eigenvalue weighted by Gasteiger charge is 2.36. The second-order valence-corrected chi connectivity index (χ2v) is 7.43. The fraction of sp³-hybridized carbons (Fsp3) is 0.667. The molecule has 106 valence electrons. The van der Waals surface area contributed by atoms with Gasteiger partial charge in [0.2, 0.25) is 0 Å². The van der Waals surface area contributed by atoms with E-state index in [4.69, 9.17) is 0 Å². The van der Waals surface area contributed by atoms with E-state index in [1.54, 1.807) is 0 Å². The van der Waals surface area contributed by atoms with Gasteiger partial charge in [0, 0.05) is 17.5 Å². The predicted octanol–water partition coefficient (Wildman–Crippen LogP) is 4.52. The molecule has 1 aliphatic rings. The average molecular weight is 259 g/mol. The molecule has 1 saturated carbocycles. The van der Waals surface area contributed by atoms with Crippen LogP contribution in [0.15, 0.2) is 30.3 Å². The van der Waals surface area contributed by atoms with Crippen LogP contribution < -0.4 is 5.32 Å². The quantitative estimate of drug-likeness (QED) is 0.841. The van der Waals surface area contributed by atoms with Gasteiger partial charge in [-0.05, 0) is 57.9 Å². The maximum absolute atomic E-state index is 3.75. The van der Waals surface area contributed by atoms with Crippen LogP contribution >= 0.6 is 0 Å². The molecule has 0 saturated heterocycles. The Kier molecular flexibility index (Phi) is 4.35. The number of hydrogen-bond donors (Lipinski definition) is 1. The summed E-state index contributed by atoms with van der Waals surface area (Å²) in [5.41, 5.74) is 2.07. The van der Waals surface area contributed by atoms with E-state index in [9.17, 15) is 0 Å². The third-order valence-electron chi connectivity index (χ3n) is 4.57. The van der Waals surface area contributed by atoms with Gasteiger partial charge in [-0.3, -0.25) is 0 Å². The average Bonchev–Trinajstić information content (AvgIpc) is 2.39. The van der Waals surface area contributed by atoms with Gasteiger partial charge in [0.05, 0.1) is 0 Å². The van der Waals surface area contributed by atoms with Crippen LogP contribution in [0, 0.1) is 5.92 Å². The monoisotopic (exact) mass is 259 g/mol. The van der Waals surface area contributed by atoms with Crippen LogP contribution in [0.25, 0.3) is 0 Å². The number of nitrogens with one attached hydrogen (secondary N) is 1. The van der Waals surface area contributed by atoms with Gasteiger partial charge in [-0.2, -0.15) is 0 Å². The molecule has 1 aliphatic carbocycles. The van der Waals surface area contributed by atoms with Crippen molar-refractivity contribution in [2.24, 2.45) is 5.92 Å². The standard InChI is InChI=1S/C18H29N/c1-15-10-12-18(13-11-15,14-19-17(2,3)4)16-8-6-5-7-9-16/h5-9,15,19H,10-14H2,1-4H3. The lowest BCUT2D eigenvalue weighted by Crippen LogP contribution is -2.47. The van der Waals surface area contributed by atoms with E-state index in [-0.39, 0.29) is 5.54 Å². The zero-order chi connectivity index (χ0) is 13.9. The van der Waals surface area contributed by atoms with Crippen molar-refractivity contribution in [1.82, 2.24) is 5.32 Å². The molecular weight excluding hydrogens is 230 g/mol. The molecule has 1 aromatic carbocycles. The Balaban J connectivity index is 2.19. The van der Waals surface area contributed by atoms with E-state index in [0.717, 1.165) is 12.5 Å². The first-order chi connectivity index (χ1) is 8.91. The van der Waals surface area contributed by atoms with Crippen molar-refractivity contribution in [2.45, 2.75) is 64.3 Å². The van der Waals surface area contributed by atoms with E-state index in [2.05, 4.69) is 63.3 Å². The van der Waals surface area contributed by atoms with Gasteiger partial charge >= 0.3 is 0 Å². The number of benzene rings is 1. The molecule has 0 unspecified atom stereocenters. The van der Waals surface area contributed by atoms with Crippen LogP contribution in [0.4, 0.5) is 0 Å². The van der Waals surface area contributed by atoms with Crippen LogP contribution in [0.5, 0.6) is 0 Å². The van der Waals surface area contributed by atoms with Crippen molar-refractivity contribution in [3.63, 3.8) is 0 Å². The van der Waals surface area contributed by atoms with E-state index in [1.807, 2.05) is 0 Å². The summed E-state index contributed by atoms with van der Waals surface area (Å²) >= 11 is 0. The second kappa shape index (κ2) is 5.66. The molecule has 1 nitrogen and oxygen atoms in total. The molecule has 0 bridgehead atoms. The minimum absolute atomic E-state index is 0.199. The summed E-state index contributed by atoms with van der Waals surface area (Å²) in [6, 6.07) is 11.1. The molecule has 1 aromatic rings. The molecule has 1 N–H and O–H groups in total. The molecule has 2 rings (SSSR count). The van der Waals surface area contributed by atoms with E-state index >= 15 is 0 Å². The summed E-state index contributed by atoms with van der Waals surface area (Å²) in [6.45, 7) is 10.3. The normalized spacial score (nSPS) is 28.3. The van der Waals surface area contributed by atoms with Gasteiger partial charge < -0.3 is 5.32 Å². The summed E-state index contributed by atoms with van der Waals surface area (Å²) < 4.78 is 0. The highest BCUT2D eigenvalue weighted by molar-refractivity contribution is 5.27. The lowest BCUT2D eigenvalue weighted by Gasteiger charge is -2.42. The van der Waals surface area contributed by atoms with Gasteiger partial charge in [0.15, 0.2) is 0 Å². The lowest BCUT2D eigenvalue weighted by atomic mass is 9.66. The van der Waals surface area contributed by atoms with Crippen LogP contribution in [0.2, 0.25) is 0 Å². The van der Waals surface area contributed by atoms with Gasteiger partial charge in [-0.25, -0.2) is 0 Å². The maximum Gasteiger partial charge on any atom is 0.00968 e. The van der Waals surface area contributed by atoms with Crippen molar-refractivity contribution in [2.75, 3.05) is 6.54 Å². The van der Waals surface area contributed by atoms with Crippen molar-refractivity contribution < 1.29 is 0 Å². The summed E-state index contributed by atoms with van der Waals surface area (Å²) in [6.07, 6.45) is 5.37. The summed E-state index contributed by atoms with van der Waals surface area (Å²) in [5.74, 6) is 0.895. The Morgan fingerprint density at radius 2 is 1.68 bits per heavy atom. The molecule has 1 fully saturated rings. The Morgan fingerprint density at radius 3 is 2.21 bits per heavy atom. The van der Waals surface area contributed by atoms with E-state index in [0.29, 0.717) is 5.41 Å². The Bertz CT molecular complexity index is 380. The molecule has 0 amide bonds. The van der Waals surface area contributed by atoms with E-state index in [1.165, 1.54) is 31.2 Å². The molecule has 1 heteroatoms. The summed E-state index contributed by atoms with van der Waals surface area (Å²) in [5, 5.41) is 3.75. The molecule has 0 aromatic heterocycles. The third-order valence-corrected chi connectivity index (χ3v) is 4.57. The Morgan fingerprint density at radius 1 is 1.11 bits per heavy atom. The molecule has 0 aliphatic heterocycles. The maximum atomic E-state index is 3.75. The Labute approximate surface area is 118 Å². The fourth-order valence-corrected chi connectivity index (χ4v) is 3.11. The topological polar surface area (TPSA) is 12.0 Å². The first kappa shape index (κ1) is 14.6. The first-order valence-corrected chi connectivity index (χ1v) is 7.72. The zero-order valence-electron chi connectivity index (χ0n) is 13.0. The van der Waals surface area contributed by atoms with Crippen LogP contribution in [0.3, 0.4) is 0 Å². The molecule has 0 radical (unpaired) electrons. The van der Waals surface area contributed by atoms with Crippen molar-refractivity contribution >= 4 is 0 Å². The van der Waals surface area contributed by atoms with Gasteiger partial charge in [-0.1, -0.05) is 37.3 Å². The predicted molar refractivity (Wildman–Crippen MR) is 83.5 cm³/mol. The van der Waals surface area contributed by atoms with Crippen molar-refractivity contribution in [3.05, 3.63) is 35.9 Å². The molecule has 0 heterocycles. The zero-order valence-corrected chi connectivity index (χ0v) is 13.0. The Hall–Kier alpha value is -0.820. The molecule has 19 heavy (non-hydrogen) atoms. The largest absolute Gasteiger partial charge is 0.311 e. The first-order valence-electron chi connectivity index (χ1n) is 7.72. The minimum Gasteiger partial charge on any atom is -0.311 e. The highest BCUT2D eigenvalue weighted by Crippen LogP contribution is 2.41. The highest BCUT2D eigenvalue weighted by atomic mass is 15.0.